The van der Waals surface area contributed by atoms with Gasteiger partial charge in [0.2, 0.25) is 0 Å². The number of hydrogen-bond donors (Lipinski definition) is 1. The maximum Gasteiger partial charge on any atom is 0.0909 e. The van der Waals surface area contributed by atoms with Crippen molar-refractivity contribution in [3.8, 4) is 0 Å². The van der Waals surface area contributed by atoms with Crippen LogP contribution in [-0.4, -0.2) is 50.7 Å². The van der Waals surface area contributed by atoms with Crippen LogP contribution in [0.15, 0.2) is 17.5 Å². The monoisotopic (exact) mass is 325 g/mol. The van der Waals surface area contributed by atoms with Gasteiger partial charge in [-0.3, -0.25) is 4.90 Å². The number of anilines is 1. The Hall–Kier alpha value is -0.580. The molecule has 2 fully saturated rings. The Bertz CT molecular complexity index is 339. The lowest BCUT2D eigenvalue weighted by Crippen LogP contribution is -2.48. The minimum absolute atomic E-state index is 0.930. The number of hydrogen-bond acceptors (Lipinski definition) is 4. The van der Waals surface area contributed by atoms with E-state index in [1.807, 2.05) is 39.0 Å². The van der Waals surface area contributed by atoms with Crippen LogP contribution < -0.4 is 10.2 Å². The Morgan fingerprint density at radius 2 is 1.68 bits per heavy atom. The fraction of sp³-hybridized carbons (Fsp3) is 0.778. The zero-order valence-corrected chi connectivity index (χ0v) is 15.8. The highest BCUT2D eigenvalue weighted by Crippen LogP contribution is 2.23. The van der Waals surface area contributed by atoms with Crippen LogP contribution in [0.3, 0.4) is 0 Å². The molecule has 0 aromatic carbocycles. The number of nitrogens with one attached hydrogen (secondary N) is 1. The van der Waals surface area contributed by atoms with Gasteiger partial charge in [-0.15, -0.1) is 11.3 Å². The van der Waals surface area contributed by atoms with E-state index >= 15 is 0 Å². The van der Waals surface area contributed by atoms with Crippen LogP contribution in [0.4, 0.5) is 5.00 Å². The summed E-state index contributed by atoms with van der Waals surface area (Å²) in [5, 5.41) is 7.07. The number of nitrogens with zero attached hydrogens (tertiary/aromatic N) is 2. The summed E-state index contributed by atoms with van der Waals surface area (Å²) in [6.45, 7) is 16.6. The lowest BCUT2D eigenvalue weighted by molar-refractivity contribution is 0.196. The van der Waals surface area contributed by atoms with E-state index in [2.05, 4.69) is 32.6 Å². The summed E-state index contributed by atoms with van der Waals surface area (Å²) in [4.78, 5) is 5.20. The SMILES string of the molecule is CC.CC.c1csc(N2CCN(CC3CCNCC3)CC2)c1. The number of piperidine rings is 1. The zero-order valence-electron chi connectivity index (χ0n) is 15.0. The number of piperazine rings is 1. The molecule has 3 nitrogen and oxygen atoms in total. The largest absolute Gasteiger partial charge is 0.361 e. The summed E-state index contributed by atoms with van der Waals surface area (Å²) in [5.41, 5.74) is 0. The Labute approximate surface area is 141 Å². The van der Waals surface area contributed by atoms with Gasteiger partial charge in [-0.2, -0.15) is 0 Å². The van der Waals surface area contributed by atoms with Crippen LogP contribution in [0.25, 0.3) is 0 Å². The molecule has 4 heteroatoms. The van der Waals surface area contributed by atoms with Crippen LogP contribution >= 0.6 is 11.3 Å². The van der Waals surface area contributed by atoms with E-state index in [4.69, 9.17) is 0 Å². The van der Waals surface area contributed by atoms with Crippen molar-refractivity contribution in [3.05, 3.63) is 17.5 Å². The third-order valence-corrected chi connectivity index (χ3v) is 5.09. The molecule has 0 atom stereocenters. The molecule has 22 heavy (non-hydrogen) atoms. The van der Waals surface area contributed by atoms with Crippen molar-refractivity contribution in [1.29, 1.82) is 0 Å². The fourth-order valence-electron chi connectivity index (χ4n) is 3.03. The lowest BCUT2D eigenvalue weighted by atomic mass is 9.97. The smallest absolute Gasteiger partial charge is 0.0909 e. The van der Waals surface area contributed by atoms with Crippen LogP contribution in [0, 0.1) is 5.92 Å². The normalized spacial score (nSPS) is 19.7. The average molecular weight is 326 g/mol. The Kier molecular flexibility index (Phi) is 10.5. The maximum atomic E-state index is 3.45. The topological polar surface area (TPSA) is 18.5 Å². The van der Waals surface area contributed by atoms with Crippen molar-refractivity contribution in [2.75, 3.05) is 50.7 Å². The summed E-state index contributed by atoms with van der Waals surface area (Å²) in [6.07, 6.45) is 2.73. The lowest BCUT2D eigenvalue weighted by Gasteiger charge is -2.37. The Morgan fingerprint density at radius 1 is 1.05 bits per heavy atom. The quantitative estimate of drug-likeness (QED) is 0.908. The molecule has 3 rings (SSSR count). The van der Waals surface area contributed by atoms with Gasteiger partial charge in [0.1, 0.15) is 0 Å². The van der Waals surface area contributed by atoms with Gasteiger partial charge in [-0.25, -0.2) is 0 Å². The van der Waals surface area contributed by atoms with E-state index in [0.717, 1.165) is 5.92 Å². The summed E-state index contributed by atoms with van der Waals surface area (Å²) < 4.78 is 0. The zero-order chi connectivity index (χ0) is 16.2. The van der Waals surface area contributed by atoms with Crippen molar-refractivity contribution >= 4 is 16.3 Å². The molecular weight excluding hydrogens is 290 g/mol. The first-order chi connectivity index (χ1) is 10.9. The predicted molar refractivity (Wildman–Crippen MR) is 101 cm³/mol. The molecule has 3 heterocycles. The molecule has 1 aromatic heterocycles. The standard InChI is InChI=1S/C14H23N3S.2C2H6/c1-2-14(18-11-1)17-9-7-16(8-10-17)12-13-3-5-15-6-4-13;2*1-2/h1-2,11,13,15H,3-10,12H2;2*1-2H3. The summed E-state index contributed by atoms with van der Waals surface area (Å²) in [6, 6.07) is 4.40. The second-order valence-electron chi connectivity index (χ2n) is 5.43. The van der Waals surface area contributed by atoms with Crippen molar-refractivity contribution in [2.24, 2.45) is 5.92 Å². The molecule has 0 saturated carbocycles. The summed E-state index contributed by atoms with van der Waals surface area (Å²) in [7, 11) is 0. The van der Waals surface area contributed by atoms with Gasteiger partial charge in [-0.05, 0) is 49.4 Å². The van der Waals surface area contributed by atoms with Crippen molar-refractivity contribution in [1.82, 2.24) is 10.2 Å². The van der Waals surface area contributed by atoms with Gasteiger partial charge in [-0.1, -0.05) is 27.7 Å². The molecular formula is C18H35N3S. The second kappa shape index (κ2) is 11.9. The minimum atomic E-state index is 0.930. The molecule has 0 unspecified atom stereocenters. The van der Waals surface area contributed by atoms with Crippen molar-refractivity contribution in [2.45, 2.75) is 40.5 Å². The second-order valence-corrected chi connectivity index (χ2v) is 6.36. The first kappa shape index (κ1) is 19.5. The van der Waals surface area contributed by atoms with Gasteiger partial charge >= 0.3 is 0 Å². The van der Waals surface area contributed by atoms with Gasteiger partial charge in [0, 0.05) is 32.7 Å². The van der Waals surface area contributed by atoms with Crippen LogP contribution in [-0.2, 0) is 0 Å². The highest BCUT2D eigenvalue weighted by atomic mass is 32.1. The molecule has 0 spiro atoms. The van der Waals surface area contributed by atoms with E-state index in [0.29, 0.717) is 0 Å². The molecule has 0 bridgehead atoms. The molecule has 0 amide bonds. The van der Waals surface area contributed by atoms with Gasteiger partial charge in [0.25, 0.3) is 0 Å². The summed E-state index contributed by atoms with van der Waals surface area (Å²) in [5.74, 6) is 0.930. The molecule has 0 aliphatic carbocycles. The predicted octanol–water partition coefficient (Wildman–Crippen LogP) is 3.92. The maximum absolute atomic E-state index is 3.45. The molecule has 0 radical (unpaired) electrons. The van der Waals surface area contributed by atoms with E-state index in [-0.39, 0.29) is 0 Å². The van der Waals surface area contributed by atoms with Gasteiger partial charge in [0.15, 0.2) is 0 Å². The number of rotatable bonds is 3. The van der Waals surface area contributed by atoms with E-state index in [9.17, 15) is 0 Å². The number of thiophene rings is 1. The molecule has 2 aliphatic rings. The van der Waals surface area contributed by atoms with E-state index in [1.165, 1.54) is 63.7 Å². The van der Waals surface area contributed by atoms with Crippen LogP contribution in [0.5, 0.6) is 0 Å². The van der Waals surface area contributed by atoms with Crippen molar-refractivity contribution < 1.29 is 0 Å². The highest BCUT2D eigenvalue weighted by molar-refractivity contribution is 7.14. The highest BCUT2D eigenvalue weighted by Gasteiger charge is 2.21. The third-order valence-electron chi connectivity index (χ3n) is 4.17. The molecule has 128 valence electrons. The molecule has 2 saturated heterocycles. The molecule has 2 aliphatic heterocycles. The fourth-order valence-corrected chi connectivity index (χ4v) is 3.82. The molecule has 1 aromatic rings. The molecule has 1 N–H and O–H groups in total. The minimum Gasteiger partial charge on any atom is -0.361 e. The van der Waals surface area contributed by atoms with Gasteiger partial charge < -0.3 is 10.2 Å². The Balaban J connectivity index is 0.000000561. The Morgan fingerprint density at radius 3 is 2.23 bits per heavy atom. The van der Waals surface area contributed by atoms with Gasteiger partial charge in [0.05, 0.1) is 5.00 Å². The van der Waals surface area contributed by atoms with E-state index in [1.54, 1.807) is 0 Å². The summed E-state index contributed by atoms with van der Waals surface area (Å²) >= 11 is 1.87. The van der Waals surface area contributed by atoms with E-state index < -0.39 is 0 Å². The first-order valence-electron chi connectivity index (χ1n) is 9.13. The van der Waals surface area contributed by atoms with Crippen LogP contribution in [0.2, 0.25) is 0 Å². The van der Waals surface area contributed by atoms with Crippen LogP contribution in [0.1, 0.15) is 40.5 Å². The first-order valence-corrected chi connectivity index (χ1v) is 10.0. The van der Waals surface area contributed by atoms with Crippen molar-refractivity contribution in [3.63, 3.8) is 0 Å². The third kappa shape index (κ3) is 6.27. The average Bonchev–Trinajstić information content (AvgIpc) is 3.15.